The number of nitrogens with one attached hydrogen (secondary N) is 2. The van der Waals surface area contributed by atoms with Crippen molar-refractivity contribution >= 4 is 28.9 Å². The molecule has 228 valence electrons. The van der Waals surface area contributed by atoms with Crippen molar-refractivity contribution in [2.45, 2.75) is 57.2 Å². The summed E-state index contributed by atoms with van der Waals surface area (Å²) in [5, 5.41) is 15.1. The van der Waals surface area contributed by atoms with E-state index in [1.165, 1.54) is 0 Å². The molecule has 1 aliphatic heterocycles. The first kappa shape index (κ1) is 31.9. The van der Waals surface area contributed by atoms with Gasteiger partial charge in [0.25, 0.3) is 0 Å². The molecular formula is C34H42N4O5. The highest BCUT2D eigenvalue weighted by Crippen LogP contribution is 2.38. The third kappa shape index (κ3) is 9.76. The number of carbonyl (C=O) groups excluding carboxylic acids is 2. The molecule has 3 atom stereocenters. The van der Waals surface area contributed by atoms with Crippen LogP contribution in [0.15, 0.2) is 85.5 Å². The first-order valence-electron chi connectivity index (χ1n) is 14.7. The third-order valence-electron chi connectivity index (χ3n) is 7.33. The minimum atomic E-state index is -0.569. The highest BCUT2D eigenvalue weighted by Gasteiger charge is 2.32. The number of anilines is 3. The van der Waals surface area contributed by atoms with Crippen molar-refractivity contribution in [2.24, 2.45) is 0 Å². The highest BCUT2D eigenvalue weighted by molar-refractivity contribution is 5.94. The number of nitrogen functional groups attached to an aromatic ring is 1. The van der Waals surface area contributed by atoms with Crippen LogP contribution in [0.3, 0.4) is 0 Å². The van der Waals surface area contributed by atoms with E-state index in [1.807, 2.05) is 73.8 Å². The maximum absolute atomic E-state index is 12.5. The van der Waals surface area contributed by atoms with Crippen LogP contribution < -0.4 is 16.4 Å². The van der Waals surface area contributed by atoms with Gasteiger partial charge in [0.2, 0.25) is 11.8 Å². The second-order valence-corrected chi connectivity index (χ2v) is 10.9. The highest BCUT2D eigenvalue weighted by atomic mass is 16.7. The van der Waals surface area contributed by atoms with Gasteiger partial charge in [0.1, 0.15) is 0 Å². The molecule has 0 bridgehead atoms. The number of hydrogen-bond donors (Lipinski definition) is 4. The standard InChI is InChI=1S/C34H42N4O5/c1-3-20-38(2)22-28-21-31(25-14-12-24(23-39)13-15-25)43-34(42-28)26-16-18-27(19-17-26)36-32(40)10-6-7-11-33(41)37-30-9-5-4-8-29(30)35/h3-5,8-9,12-19,28,31,34,39H,1,6-7,10-11,20-23,35H2,2H3,(H,36,40)(H,37,41)/t28-,31+,34+/m1/s1. The Hall–Kier alpha value is -4.02. The van der Waals surface area contributed by atoms with Crippen LogP contribution in [0.5, 0.6) is 0 Å². The molecule has 1 fully saturated rings. The Morgan fingerprint density at radius 2 is 1.60 bits per heavy atom. The fourth-order valence-corrected chi connectivity index (χ4v) is 5.02. The maximum atomic E-state index is 12.5. The van der Waals surface area contributed by atoms with Gasteiger partial charge in [-0.2, -0.15) is 0 Å². The molecule has 9 nitrogen and oxygen atoms in total. The van der Waals surface area contributed by atoms with Gasteiger partial charge in [-0.3, -0.25) is 9.59 Å². The predicted molar refractivity (Wildman–Crippen MR) is 169 cm³/mol. The van der Waals surface area contributed by atoms with Crippen molar-refractivity contribution in [3.63, 3.8) is 0 Å². The van der Waals surface area contributed by atoms with Crippen LogP contribution in [0.4, 0.5) is 17.1 Å². The molecular weight excluding hydrogens is 544 g/mol. The van der Waals surface area contributed by atoms with Gasteiger partial charge in [-0.05, 0) is 55.3 Å². The quantitative estimate of drug-likeness (QED) is 0.111. The summed E-state index contributed by atoms with van der Waals surface area (Å²) in [7, 11) is 2.04. The second kappa shape index (κ2) is 16.0. The van der Waals surface area contributed by atoms with Crippen molar-refractivity contribution in [2.75, 3.05) is 36.5 Å². The van der Waals surface area contributed by atoms with Crippen LogP contribution in [0.1, 0.15) is 61.2 Å². The van der Waals surface area contributed by atoms with Gasteiger partial charge in [-0.25, -0.2) is 0 Å². The largest absolute Gasteiger partial charge is 0.397 e. The van der Waals surface area contributed by atoms with Gasteiger partial charge in [0, 0.05) is 43.6 Å². The van der Waals surface area contributed by atoms with Gasteiger partial charge in [0.15, 0.2) is 6.29 Å². The Morgan fingerprint density at radius 1 is 0.953 bits per heavy atom. The zero-order valence-corrected chi connectivity index (χ0v) is 24.7. The molecule has 9 heteroatoms. The number of likely N-dealkylation sites (N-methyl/N-ethyl adjacent to an activating group) is 1. The molecule has 0 aliphatic carbocycles. The van der Waals surface area contributed by atoms with Gasteiger partial charge < -0.3 is 35.8 Å². The lowest BCUT2D eigenvalue weighted by molar-refractivity contribution is -0.252. The van der Waals surface area contributed by atoms with Crippen LogP contribution in [0, 0.1) is 0 Å². The van der Waals surface area contributed by atoms with E-state index < -0.39 is 6.29 Å². The summed E-state index contributed by atoms with van der Waals surface area (Å²) in [5.41, 5.74) is 10.4. The third-order valence-corrected chi connectivity index (χ3v) is 7.33. The zero-order valence-electron chi connectivity index (χ0n) is 24.7. The average molecular weight is 587 g/mol. The zero-order chi connectivity index (χ0) is 30.6. The summed E-state index contributed by atoms with van der Waals surface area (Å²) >= 11 is 0. The molecule has 0 radical (unpaired) electrons. The number of nitrogens with zero attached hydrogens (tertiary/aromatic N) is 1. The molecule has 2 amide bonds. The fraction of sp³-hybridized carbons (Fsp3) is 0.353. The molecule has 43 heavy (non-hydrogen) atoms. The number of benzene rings is 3. The number of unbranched alkanes of at least 4 members (excludes halogenated alkanes) is 1. The number of hydrogen-bond acceptors (Lipinski definition) is 7. The predicted octanol–water partition coefficient (Wildman–Crippen LogP) is 5.56. The van der Waals surface area contributed by atoms with Gasteiger partial charge in [-0.15, -0.1) is 6.58 Å². The Labute approximate surface area is 253 Å². The van der Waals surface area contributed by atoms with Crippen LogP contribution in [0.25, 0.3) is 0 Å². The molecule has 3 aromatic rings. The topological polar surface area (TPSA) is 126 Å². The molecule has 0 aromatic heterocycles. The molecule has 1 aliphatic rings. The van der Waals surface area contributed by atoms with Crippen molar-refractivity contribution < 1.29 is 24.2 Å². The number of para-hydroxylation sites is 2. The molecule has 0 saturated carbocycles. The van der Waals surface area contributed by atoms with Crippen molar-refractivity contribution in [3.05, 3.63) is 102 Å². The summed E-state index contributed by atoms with van der Waals surface area (Å²) in [6.07, 6.45) is 3.59. The van der Waals surface area contributed by atoms with Crippen LogP contribution in [-0.4, -0.2) is 48.1 Å². The van der Waals surface area contributed by atoms with Crippen molar-refractivity contribution in [3.8, 4) is 0 Å². The molecule has 5 N–H and O–H groups in total. The summed E-state index contributed by atoms with van der Waals surface area (Å²) in [6, 6.07) is 22.4. The number of aliphatic hydroxyl groups excluding tert-OH is 1. The minimum absolute atomic E-state index is 0.00274. The molecule has 0 unspecified atom stereocenters. The lowest BCUT2D eigenvalue weighted by Gasteiger charge is -2.37. The number of nitrogens with two attached hydrogens (primary N) is 1. The first-order valence-corrected chi connectivity index (χ1v) is 14.7. The van der Waals surface area contributed by atoms with E-state index in [1.54, 1.807) is 12.1 Å². The van der Waals surface area contributed by atoms with E-state index in [4.69, 9.17) is 15.2 Å². The second-order valence-electron chi connectivity index (χ2n) is 10.9. The van der Waals surface area contributed by atoms with Crippen LogP contribution in [0.2, 0.25) is 0 Å². The van der Waals surface area contributed by atoms with Gasteiger partial charge in [0.05, 0.1) is 30.2 Å². The number of aliphatic hydroxyl groups is 1. The Morgan fingerprint density at radius 3 is 2.26 bits per heavy atom. The van der Waals surface area contributed by atoms with E-state index in [-0.39, 0.29) is 30.6 Å². The molecule has 1 saturated heterocycles. The minimum Gasteiger partial charge on any atom is -0.397 e. The van der Waals surface area contributed by atoms with Crippen LogP contribution in [-0.2, 0) is 25.7 Å². The van der Waals surface area contributed by atoms with E-state index in [9.17, 15) is 14.7 Å². The monoisotopic (exact) mass is 586 g/mol. The Balaban J connectivity index is 1.29. The smallest absolute Gasteiger partial charge is 0.224 e. The van der Waals surface area contributed by atoms with E-state index in [2.05, 4.69) is 22.1 Å². The van der Waals surface area contributed by atoms with Crippen molar-refractivity contribution in [1.82, 2.24) is 4.90 Å². The molecule has 4 rings (SSSR count). The summed E-state index contributed by atoms with van der Waals surface area (Å²) < 4.78 is 12.8. The van der Waals surface area contributed by atoms with E-state index in [0.29, 0.717) is 49.2 Å². The number of ether oxygens (including phenoxy) is 2. The Kier molecular flexibility index (Phi) is 11.9. The van der Waals surface area contributed by atoms with Gasteiger partial charge >= 0.3 is 0 Å². The summed E-state index contributed by atoms with van der Waals surface area (Å²) in [6.45, 7) is 5.31. The number of carbonyl (C=O) groups is 2. The first-order chi connectivity index (χ1) is 20.8. The Bertz CT molecular complexity index is 1350. The lowest BCUT2D eigenvalue weighted by Crippen LogP contribution is -2.37. The summed E-state index contributed by atoms with van der Waals surface area (Å²) in [5.74, 6) is -0.234. The maximum Gasteiger partial charge on any atom is 0.224 e. The SMILES string of the molecule is C=CCN(C)C[C@H]1C[C@@H](c2ccc(CO)cc2)O[C@@H](c2ccc(NC(=O)CCCCC(=O)Nc3ccccc3N)cc2)O1. The number of rotatable bonds is 14. The van der Waals surface area contributed by atoms with Crippen molar-refractivity contribution in [1.29, 1.82) is 0 Å². The lowest BCUT2D eigenvalue weighted by atomic mass is 9.99. The molecule has 1 heterocycles. The molecule has 0 spiro atoms. The normalized spacial score (nSPS) is 18.3. The van der Waals surface area contributed by atoms with Crippen LogP contribution >= 0.6 is 0 Å². The average Bonchev–Trinajstić information content (AvgIpc) is 3.01. The van der Waals surface area contributed by atoms with Gasteiger partial charge in [-0.1, -0.05) is 54.6 Å². The van der Waals surface area contributed by atoms with E-state index in [0.717, 1.165) is 29.8 Å². The van der Waals surface area contributed by atoms with E-state index >= 15 is 0 Å². The molecule has 3 aromatic carbocycles. The fourth-order valence-electron chi connectivity index (χ4n) is 5.02. The summed E-state index contributed by atoms with van der Waals surface area (Å²) in [4.78, 5) is 26.9. The number of amides is 2.